The molecule has 17 rings (SSSR count). The molecule has 0 N–H and O–H groups in total. The summed E-state index contributed by atoms with van der Waals surface area (Å²) in [5, 5.41) is 19.1. The van der Waals surface area contributed by atoms with Crippen molar-refractivity contribution in [2.75, 3.05) is 0 Å². The van der Waals surface area contributed by atoms with E-state index in [1.807, 2.05) is 0 Å². The second-order valence-electron chi connectivity index (χ2n) is 23.4. The Balaban J connectivity index is 1.03. The summed E-state index contributed by atoms with van der Waals surface area (Å²) < 4.78 is 7.44. The molecule has 76 heavy (non-hydrogen) atoms. The monoisotopic (exact) mass is 973 g/mol. The molecule has 4 aromatic heterocycles. The molecule has 14 aromatic rings. The maximum atomic E-state index is 5.47. The van der Waals surface area contributed by atoms with E-state index in [-0.39, 0.29) is 16.2 Å². The van der Waals surface area contributed by atoms with E-state index in [2.05, 4.69) is 255 Å². The molecule has 10 aromatic carbocycles. The number of para-hydroxylation sites is 3. The Morgan fingerprint density at radius 1 is 0.276 bits per heavy atom. The van der Waals surface area contributed by atoms with Crippen LogP contribution in [0.25, 0.3) is 127 Å². The molecule has 5 heteroatoms. The van der Waals surface area contributed by atoms with Crippen molar-refractivity contribution in [3.63, 3.8) is 0 Å². The van der Waals surface area contributed by atoms with Crippen LogP contribution in [-0.2, 0) is 16.2 Å². The van der Waals surface area contributed by atoms with Crippen molar-refractivity contribution in [3.05, 3.63) is 234 Å². The summed E-state index contributed by atoms with van der Waals surface area (Å²) in [5.74, 6) is 0.782. The Labute approximate surface area is 439 Å². The minimum Gasteiger partial charge on any atom is -0.309 e. The zero-order chi connectivity index (χ0) is 50.7. The number of hydrogen-bond acceptors (Lipinski definition) is 2. The lowest BCUT2D eigenvalue weighted by Crippen LogP contribution is -2.14. The fourth-order valence-corrected chi connectivity index (χ4v) is 14.8. The molecule has 0 aliphatic heterocycles. The van der Waals surface area contributed by atoms with E-state index in [0.29, 0.717) is 0 Å². The predicted molar refractivity (Wildman–Crippen MR) is 315 cm³/mol. The Bertz CT molecular complexity index is 4970. The molecule has 4 heterocycles. The first-order valence-electron chi connectivity index (χ1n) is 26.8. The quantitative estimate of drug-likeness (QED) is 0.177. The normalized spacial score (nSPS) is 15.3. The van der Waals surface area contributed by atoms with Crippen LogP contribution in [0.4, 0.5) is 0 Å². The molecule has 3 aliphatic carbocycles. The predicted octanol–water partition coefficient (Wildman–Crippen LogP) is 17.8. The smallest absolute Gasteiger partial charge is 0.185 e. The molecular weight excluding hydrogens is 923 g/mol. The summed E-state index contributed by atoms with van der Waals surface area (Å²) in [5.41, 5.74) is 25.2. The molecule has 5 nitrogen and oxygen atoms in total. The van der Waals surface area contributed by atoms with Crippen molar-refractivity contribution in [2.24, 2.45) is 0 Å². The summed E-state index contributed by atoms with van der Waals surface area (Å²) in [7, 11) is 0. The van der Waals surface area contributed by atoms with Gasteiger partial charge in [-0.15, -0.1) is 10.2 Å². The van der Waals surface area contributed by atoms with E-state index >= 15 is 0 Å². The minimum absolute atomic E-state index is 0.122. The van der Waals surface area contributed by atoms with Crippen LogP contribution in [-0.4, -0.2) is 23.9 Å². The van der Waals surface area contributed by atoms with Gasteiger partial charge in [0.15, 0.2) is 5.82 Å². The highest BCUT2D eigenvalue weighted by atomic mass is 15.2. The summed E-state index contributed by atoms with van der Waals surface area (Å²) in [4.78, 5) is 0. The number of benzene rings is 10. The SMILES string of the molecule is CC1(C)c2ccccc2-c2cc3c(cc21)c1ccccc1n3-c1ccc2nnc(-n3c4ccccc4c4cc5c(cc43)-c3ccccc3C5(C)C)c(-n3c4ccccc4c4cc5c(cc43)-c3ccccc3C5(C)C)c2c1. The highest BCUT2D eigenvalue weighted by Gasteiger charge is 2.39. The van der Waals surface area contributed by atoms with Gasteiger partial charge in [0, 0.05) is 59.6 Å². The van der Waals surface area contributed by atoms with Gasteiger partial charge in [-0.3, -0.25) is 4.57 Å². The Hall–Kier alpha value is -9.06. The summed E-state index contributed by atoms with van der Waals surface area (Å²) >= 11 is 0. The van der Waals surface area contributed by atoms with Gasteiger partial charge in [-0.05, 0) is 140 Å². The maximum Gasteiger partial charge on any atom is 0.185 e. The minimum atomic E-state index is -0.162. The molecule has 0 unspecified atom stereocenters. The lowest BCUT2D eigenvalue weighted by molar-refractivity contribution is 0.661. The van der Waals surface area contributed by atoms with Crippen LogP contribution >= 0.6 is 0 Å². The van der Waals surface area contributed by atoms with Crippen LogP contribution in [0.3, 0.4) is 0 Å². The van der Waals surface area contributed by atoms with Gasteiger partial charge in [-0.1, -0.05) is 169 Å². The third kappa shape index (κ3) is 5.16. The first-order valence-corrected chi connectivity index (χ1v) is 26.8. The second kappa shape index (κ2) is 14.2. The Morgan fingerprint density at radius 3 is 1.13 bits per heavy atom. The fourth-order valence-electron chi connectivity index (χ4n) is 14.8. The van der Waals surface area contributed by atoms with E-state index in [1.54, 1.807) is 0 Å². The fraction of sp³-hybridized carbons (Fsp3) is 0.127. The standard InChI is InChI=1S/C71H51N5/c1-69(2)54-25-13-7-19-41(54)47-37-64-50(34-57(47)69)44-22-10-16-28-61(44)74(64)40-31-32-60-53(33-40)67(75-62-29-17-11-23-45(62)51-35-58-48(38-65(51)75)42-20-8-14-26-55(42)70(58,3)4)68(73-72-60)76-63-30-18-12-24-46(63)52-36-59-49(39-66(52)76)43-21-9-15-27-56(43)71(59,5)6/h7-39H,1-6H3. The van der Waals surface area contributed by atoms with Gasteiger partial charge in [-0.25, -0.2) is 0 Å². The van der Waals surface area contributed by atoms with E-state index in [9.17, 15) is 0 Å². The summed E-state index contributed by atoms with van der Waals surface area (Å²) in [6.07, 6.45) is 0. The number of nitrogens with zero attached hydrogens (tertiary/aromatic N) is 5. The molecule has 0 saturated carbocycles. The molecule has 0 atom stereocenters. The molecule has 0 radical (unpaired) electrons. The van der Waals surface area contributed by atoms with Gasteiger partial charge in [0.1, 0.15) is 5.69 Å². The van der Waals surface area contributed by atoms with Crippen molar-refractivity contribution in [2.45, 2.75) is 57.8 Å². The van der Waals surface area contributed by atoms with Crippen molar-refractivity contribution < 1.29 is 0 Å². The molecule has 0 bridgehead atoms. The first kappa shape index (κ1) is 42.3. The molecule has 0 fully saturated rings. The van der Waals surface area contributed by atoms with Crippen molar-refractivity contribution in [1.29, 1.82) is 0 Å². The van der Waals surface area contributed by atoms with Gasteiger partial charge in [0.05, 0.1) is 38.6 Å². The van der Waals surface area contributed by atoms with E-state index in [4.69, 9.17) is 10.2 Å². The number of rotatable bonds is 3. The van der Waals surface area contributed by atoms with Crippen LogP contribution in [0.1, 0.15) is 74.9 Å². The zero-order valence-electron chi connectivity index (χ0n) is 43.3. The molecular formula is C71H51N5. The lowest BCUT2D eigenvalue weighted by atomic mass is 9.82. The summed E-state index contributed by atoms with van der Waals surface area (Å²) in [6.45, 7) is 14.2. The van der Waals surface area contributed by atoms with Crippen LogP contribution in [0.5, 0.6) is 0 Å². The van der Waals surface area contributed by atoms with Crippen LogP contribution < -0.4 is 0 Å². The average molecular weight is 974 g/mol. The van der Waals surface area contributed by atoms with Crippen molar-refractivity contribution in [1.82, 2.24) is 23.9 Å². The molecule has 0 amide bonds. The Morgan fingerprint density at radius 2 is 0.658 bits per heavy atom. The van der Waals surface area contributed by atoms with Crippen LogP contribution in [0.2, 0.25) is 0 Å². The van der Waals surface area contributed by atoms with Crippen LogP contribution in [0, 0.1) is 0 Å². The molecule has 0 saturated heterocycles. The third-order valence-electron chi connectivity index (χ3n) is 18.5. The van der Waals surface area contributed by atoms with Gasteiger partial charge in [0.2, 0.25) is 0 Å². The summed E-state index contributed by atoms with van der Waals surface area (Å²) in [6, 6.07) is 75.4. The number of aromatic nitrogens is 5. The highest BCUT2D eigenvalue weighted by Crippen LogP contribution is 2.55. The van der Waals surface area contributed by atoms with Crippen LogP contribution in [0.15, 0.2) is 200 Å². The van der Waals surface area contributed by atoms with E-state index < -0.39 is 0 Å². The van der Waals surface area contributed by atoms with Crippen molar-refractivity contribution in [3.8, 4) is 50.6 Å². The molecule has 3 aliphatic rings. The lowest BCUT2D eigenvalue weighted by Gasteiger charge is -2.22. The highest BCUT2D eigenvalue weighted by molar-refractivity contribution is 6.16. The Kier molecular flexibility index (Phi) is 7.91. The largest absolute Gasteiger partial charge is 0.309 e. The second-order valence-corrected chi connectivity index (χ2v) is 23.4. The maximum absolute atomic E-state index is 5.47. The third-order valence-corrected chi connectivity index (χ3v) is 18.5. The first-order chi connectivity index (χ1) is 37.0. The van der Waals surface area contributed by atoms with E-state index in [0.717, 1.165) is 50.2 Å². The average Bonchev–Trinajstić information content (AvgIpc) is 4.41. The molecule has 0 spiro atoms. The zero-order valence-corrected chi connectivity index (χ0v) is 43.3. The van der Waals surface area contributed by atoms with Gasteiger partial charge in [0.25, 0.3) is 0 Å². The topological polar surface area (TPSA) is 40.6 Å². The number of fused-ring (bicyclic) bond motifs is 19. The number of hydrogen-bond donors (Lipinski definition) is 0. The van der Waals surface area contributed by atoms with Crippen molar-refractivity contribution >= 4 is 76.3 Å². The molecule has 360 valence electrons. The van der Waals surface area contributed by atoms with Gasteiger partial charge >= 0.3 is 0 Å². The van der Waals surface area contributed by atoms with Gasteiger partial charge in [-0.2, -0.15) is 0 Å². The van der Waals surface area contributed by atoms with Gasteiger partial charge < -0.3 is 9.13 Å². The van der Waals surface area contributed by atoms with E-state index in [1.165, 1.54) is 110 Å².